The van der Waals surface area contributed by atoms with Gasteiger partial charge in [-0.2, -0.15) is 0 Å². The molecule has 1 aliphatic carbocycles. The van der Waals surface area contributed by atoms with Gasteiger partial charge in [-0.15, -0.1) is 5.10 Å². The minimum atomic E-state index is -0.294. The average molecular weight is 418 g/mol. The molecule has 160 valence electrons. The molecule has 0 aliphatic heterocycles. The highest BCUT2D eigenvalue weighted by molar-refractivity contribution is 6.04. The van der Waals surface area contributed by atoms with E-state index in [1.54, 1.807) is 28.9 Å². The molecular formula is C24H27N5O2. The highest BCUT2D eigenvalue weighted by atomic mass is 16.2. The van der Waals surface area contributed by atoms with E-state index in [1.165, 1.54) is 0 Å². The van der Waals surface area contributed by atoms with E-state index in [9.17, 15) is 9.59 Å². The summed E-state index contributed by atoms with van der Waals surface area (Å²) in [5, 5.41) is 14.3. The van der Waals surface area contributed by atoms with Gasteiger partial charge in [0.2, 0.25) is 0 Å². The first-order valence-electron chi connectivity index (χ1n) is 10.7. The highest BCUT2D eigenvalue weighted by Crippen LogP contribution is 2.42. The van der Waals surface area contributed by atoms with Crippen LogP contribution in [0.25, 0.3) is 5.69 Å². The van der Waals surface area contributed by atoms with E-state index in [-0.39, 0.29) is 17.9 Å². The smallest absolute Gasteiger partial charge is 0.278 e. The third-order valence-electron chi connectivity index (χ3n) is 5.56. The van der Waals surface area contributed by atoms with E-state index in [2.05, 4.69) is 20.9 Å². The third-order valence-corrected chi connectivity index (χ3v) is 5.56. The summed E-state index contributed by atoms with van der Waals surface area (Å²) in [5.41, 5.74) is 4.43. The van der Waals surface area contributed by atoms with E-state index >= 15 is 0 Å². The van der Waals surface area contributed by atoms with Crippen LogP contribution in [0.15, 0.2) is 48.5 Å². The number of aryl methyl sites for hydroxylation is 1. The molecule has 1 unspecified atom stereocenters. The van der Waals surface area contributed by atoms with Gasteiger partial charge in [0.25, 0.3) is 11.8 Å². The minimum Gasteiger partial charge on any atom is -0.350 e. The van der Waals surface area contributed by atoms with Crippen molar-refractivity contribution in [3.63, 3.8) is 0 Å². The molecule has 0 saturated heterocycles. The van der Waals surface area contributed by atoms with Crippen molar-refractivity contribution in [1.29, 1.82) is 0 Å². The number of carbonyl (C=O) groups is 2. The zero-order valence-corrected chi connectivity index (χ0v) is 18.1. The molecule has 1 aromatic heterocycles. The Balaban J connectivity index is 1.51. The lowest BCUT2D eigenvalue weighted by Crippen LogP contribution is -2.31. The number of nitrogens with one attached hydrogen (secondary N) is 2. The summed E-state index contributed by atoms with van der Waals surface area (Å²) in [6, 6.07) is 15.0. The Morgan fingerprint density at radius 1 is 1.06 bits per heavy atom. The first kappa shape index (κ1) is 20.8. The second kappa shape index (κ2) is 8.71. The maximum absolute atomic E-state index is 13.0. The van der Waals surface area contributed by atoms with Crippen LogP contribution in [0.2, 0.25) is 0 Å². The molecule has 1 heterocycles. The summed E-state index contributed by atoms with van der Waals surface area (Å²) >= 11 is 0. The van der Waals surface area contributed by atoms with Crippen LogP contribution in [0.5, 0.6) is 0 Å². The lowest BCUT2D eigenvalue weighted by molar-refractivity contribution is 0.0938. The first-order valence-corrected chi connectivity index (χ1v) is 10.7. The molecule has 1 aliphatic rings. The average Bonchev–Trinajstić information content (AvgIpc) is 3.52. The van der Waals surface area contributed by atoms with Gasteiger partial charge in [-0.05, 0) is 69.5 Å². The Bertz CT molecular complexity index is 1080. The second-order valence-corrected chi connectivity index (χ2v) is 8.16. The maximum Gasteiger partial charge on any atom is 0.278 e. The number of rotatable bonds is 7. The van der Waals surface area contributed by atoms with E-state index in [0.717, 1.165) is 36.2 Å². The van der Waals surface area contributed by atoms with Crippen LogP contribution < -0.4 is 10.6 Å². The largest absolute Gasteiger partial charge is 0.350 e. The fourth-order valence-corrected chi connectivity index (χ4v) is 3.36. The van der Waals surface area contributed by atoms with Crippen LogP contribution in [0.4, 0.5) is 5.69 Å². The van der Waals surface area contributed by atoms with Crippen molar-refractivity contribution in [2.24, 2.45) is 0 Å². The van der Waals surface area contributed by atoms with E-state index in [4.69, 9.17) is 0 Å². The molecule has 2 aromatic carbocycles. The molecule has 0 bridgehead atoms. The van der Waals surface area contributed by atoms with Crippen molar-refractivity contribution in [1.82, 2.24) is 20.3 Å². The SMILES string of the molecule is CCC(C)NC(=O)c1ccc(NC(=O)c2nnn(-c3ccc(C)cc3)c2C2CC2)cc1. The topological polar surface area (TPSA) is 88.9 Å². The molecular weight excluding hydrogens is 390 g/mol. The first-order chi connectivity index (χ1) is 15.0. The number of anilines is 1. The fraction of sp³-hybridized carbons (Fsp3) is 0.333. The van der Waals surface area contributed by atoms with Gasteiger partial charge in [-0.25, -0.2) is 4.68 Å². The summed E-state index contributed by atoms with van der Waals surface area (Å²) < 4.78 is 1.77. The maximum atomic E-state index is 13.0. The van der Waals surface area contributed by atoms with Crippen LogP contribution in [0.1, 0.15) is 71.1 Å². The van der Waals surface area contributed by atoms with Crippen LogP contribution in [-0.2, 0) is 0 Å². The summed E-state index contributed by atoms with van der Waals surface area (Å²) in [6.07, 6.45) is 2.92. The van der Waals surface area contributed by atoms with Gasteiger partial charge in [-0.1, -0.05) is 29.8 Å². The van der Waals surface area contributed by atoms with Gasteiger partial charge in [0, 0.05) is 23.2 Å². The molecule has 0 spiro atoms. The van der Waals surface area contributed by atoms with Crippen molar-refractivity contribution < 1.29 is 9.59 Å². The summed E-state index contributed by atoms with van der Waals surface area (Å²) in [7, 11) is 0. The highest BCUT2D eigenvalue weighted by Gasteiger charge is 2.34. The standard InChI is InChI=1S/C24H27N5O2/c1-4-16(3)25-23(30)18-9-11-19(12-10-18)26-24(31)21-22(17-7-8-17)29(28-27-21)20-13-5-15(2)6-14-20/h5-6,9-14,16-17H,4,7-8H2,1-3H3,(H,25,30)(H,26,31). The Morgan fingerprint density at radius 2 is 1.74 bits per heavy atom. The molecule has 1 atom stereocenters. The molecule has 2 amide bonds. The van der Waals surface area contributed by atoms with Crippen LogP contribution in [-0.4, -0.2) is 32.9 Å². The van der Waals surface area contributed by atoms with Gasteiger partial charge >= 0.3 is 0 Å². The monoisotopic (exact) mass is 417 g/mol. The summed E-state index contributed by atoms with van der Waals surface area (Å²) in [6.45, 7) is 6.02. The van der Waals surface area contributed by atoms with Gasteiger partial charge in [0.15, 0.2) is 5.69 Å². The quantitative estimate of drug-likeness (QED) is 0.602. The van der Waals surface area contributed by atoms with Crippen molar-refractivity contribution in [3.8, 4) is 5.69 Å². The van der Waals surface area contributed by atoms with E-state index < -0.39 is 0 Å². The lowest BCUT2D eigenvalue weighted by Gasteiger charge is -2.12. The van der Waals surface area contributed by atoms with Crippen molar-refractivity contribution in [3.05, 3.63) is 71.0 Å². The van der Waals surface area contributed by atoms with Crippen molar-refractivity contribution in [2.75, 3.05) is 5.32 Å². The van der Waals surface area contributed by atoms with Gasteiger partial charge in [0.05, 0.1) is 11.4 Å². The molecule has 2 N–H and O–H groups in total. The second-order valence-electron chi connectivity index (χ2n) is 8.16. The molecule has 4 rings (SSSR count). The number of carbonyl (C=O) groups excluding carboxylic acids is 2. The molecule has 7 nitrogen and oxygen atoms in total. The van der Waals surface area contributed by atoms with Gasteiger partial charge < -0.3 is 10.6 Å². The Labute approximate surface area is 181 Å². The van der Waals surface area contributed by atoms with Gasteiger partial charge in [0.1, 0.15) is 0 Å². The molecule has 3 aromatic rings. The molecule has 7 heteroatoms. The number of nitrogens with zero attached hydrogens (tertiary/aromatic N) is 3. The minimum absolute atomic E-state index is 0.115. The van der Waals surface area contributed by atoms with Gasteiger partial charge in [-0.3, -0.25) is 9.59 Å². The number of amides is 2. The van der Waals surface area contributed by atoms with Crippen LogP contribution in [0.3, 0.4) is 0 Å². The zero-order valence-electron chi connectivity index (χ0n) is 18.1. The van der Waals surface area contributed by atoms with Crippen LogP contribution in [0, 0.1) is 6.92 Å². The summed E-state index contributed by atoms with van der Waals surface area (Å²) in [4.78, 5) is 25.2. The number of hydrogen-bond donors (Lipinski definition) is 2. The normalized spacial score (nSPS) is 14.2. The molecule has 1 saturated carbocycles. The lowest BCUT2D eigenvalue weighted by atomic mass is 10.1. The van der Waals surface area contributed by atoms with Crippen LogP contribution >= 0.6 is 0 Å². The Kier molecular flexibility index (Phi) is 5.84. The predicted molar refractivity (Wildman–Crippen MR) is 120 cm³/mol. The fourth-order valence-electron chi connectivity index (χ4n) is 3.36. The number of benzene rings is 2. The number of aromatic nitrogens is 3. The summed E-state index contributed by atoms with van der Waals surface area (Å²) in [5.74, 6) is -0.120. The van der Waals surface area contributed by atoms with E-state index in [0.29, 0.717) is 22.9 Å². The molecule has 1 fully saturated rings. The third kappa shape index (κ3) is 4.66. The van der Waals surface area contributed by atoms with Crippen molar-refractivity contribution in [2.45, 2.75) is 52.0 Å². The molecule has 0 radical (unpaired) electrons. The van der Waals surface area contributed by atoms with E-state index in [1.807, 2.05) is 45.0 Å². The Hall–Kier alpha value is -3.48. The Morgan fingerprint density at radius 3 is 2.35 bits per heavy atom. The zero-order chi connectivity index (χ0) is 22.0. The molecule has 31 heavy (non-hydrogen) atoms. The predicted octanol–water partition coefficient (Wildman–Crippen LogP) is 4.23. The van der Waals surface area contributed by atoms with Crippen molar-refractivity contribution >= 4 is 17.5 Å². The number of hydrogen-bond acceptors (Lipinski definition) is 4.